The predicted molar refractivity (Wildman–Crippen MR) is 87.7 cm³/mol. The number of nitrogens with zero attached hydrogens (tertiary/aromatic N) is 3. The Morgan fingerprint density at radius 3 is 2.48 bits per heavy atom. The Bertz CT molecular complexity index is 726. The van der Waals surface area contributed by atoms with E-state index in [1.54, 1.807) is 0 Å². The van der Waals surface area contributed by atoms with Crippen molar-refractivity contribution in [1.82, 2.24) is 9.97 Å². The zero-order valence-electron chi connectivity index (χ0n) is 13.0. The number of nitrogens with one attached hydrogen (secondary N) is 1. The maximum absolute atomic E-state index is 11.1. The number of aliphatic hydroxyl groups is 1. The van der Waals surface area contributed by atoms with Crippen LogP contribution in [-0.4, -0.2) is 51.4 Å². The van der Waals surface area contributed by atoms with Crippen LogP contribution in [0.1, 0.15) is 19.8 Å². The largest absolute Gasteiger partial charge is 0.479 e. The number of hydrogen-bond acceptors (Lipinski definition) is 6. The fourth-order valence-electron chi connectivity index (χ4n) is 2.59. The van der Waals surface area contributed by atoms with Gasteiger partial charge in [0, 0.05) is 13.1 Å². The first kappa shape index (κ1) is 15.5. The summed E-state index contributed by atoms with van der Waals surface area (Å²) < 4.78 is 0. The lowest BCUT2D eigenvalue weighted by molar-refractivity contribution is -0.155. The van der Waals surface area contributed by atoms with Crippen molar-refractivity contribution in [2.24, 2.45) is 0 Å². The molecular weight excluding hydrogens is 296 g/mol. The van der Waals surface area contributed by atoms with Gasteiger partial charge in [-0.2, -0.15) is 0 Å². The molecule has 1 unspecified atom stereocenters. The monoisotopic (exact) mass is 316 g/mol. The van der Waals surface area contributed by atoms with Crippen molar-refractivity contribution in [3.05, 3.63) is 24.3 Å². The summed E-state index contributed by atoms with van der Waals surface area (Å²) in [7, 11) is 0. The third-order valence-electron chi connectivity index (χ3n) is 4.02. The molecule has 0 radical (unpaired) electrons. The topological polar surface area (TPSA) is 98.6 Å². The molecular formula is C16H20N4O3. The molecule has 0 bridgehead atoms. The summed E-state index contributed by atoms with van der Waals surface area (Å²) >= 11 is 0. The van der Waals surface area contributed by atoms with Crippen molar-refractivity contribution in [3.63, 3.8) is 0 Å². The van der Waals surface area contributed by atoms with E-state index in [0.717, 1.165) is 37.0 Å². The van der Waals surface area contributed by atoms with Crippen LogP contribution in [0.25, 0.3) is 11.0 Å². The smallest absolute Gasteiger partial charge is 0.337 e. The number of aliphatic carboxylic acids is 1. The maximum Gasteiger partial charge on any atom is 0.337 e. The average Bonchev–Trinajstić information content (AvgIpc) is 3.06. The van der Waals surface area contributed by atoms with Gasteiger partial charge >= 0.3 is 5.97 Å². The summed E-state index contributed by atoms with van der Waals surface area (Å²) in [5.41, 5.74) is -0.340. The maximum atomic E-state index is 11.1. The SMILES string of the molecule is CC(O)(CNc1nc2ccccc2nc1N1CCCC1)C(=O)O. The van der Waals surface area contributed by atoms with Crippen LogP contribution in [0.3, 0.4) is 0 Å². The van der Waals surface area contributed by atoms with Gasteiger partial charge in [0.2, 0.25) is 0 Å². The van der Waals surface area contributed by atoms with E-state index < -0.39 is 11.6 Å². The lowest BCUT2D eigenvalue weighted by atomic mass is 10.1. The molecule has 3 N–H and O–H groups in total. The fourth-order valence-corrected chi connectivity index (χ4v) is 2.59. The highest BCUT2D eigenvalue weighted by Gasteiger charge is 2.30. The first-order valence-corrected chi connectivity index (χ1v) is 7.69. The van der Waals surface area contributed by atoms with Crippen molar-refractivity contribution in [2.75, 3.05) is 29.9 Å². The number of anilines is 2. The molecule has 1 saturated heterocycles. The van der Waals surface area contributed by atoms with E-state index in [-0.39, 0.29) is 6.54 Å². The Morgan fingerprint density at radius 2 is 1.87 bits per heavy atom. The van der Waals surface area contributed by atoms with Crippen LogP contribution in [0.15, 0.2) is 24.3 Å². The normalized spacial score (nSPS) is 17.2. The van der Waals surface area contributed by atoms with E-state index in [1.807, 2.05) is 24.3 Å². The Kier molecular flexibility index (Phi) is 4.04. The minimum Gasteiger partial charge on any atom is -0.479 e. The quantitative estimate of drug-likeness (QED) is 0.768. The summed E-state index contributed by atoms with van der Waals surface area (Å²) in [6.45, 7) is 2.91. The molecule has 0 amide bonds. The van der Waals surface area contributed by atoms with Crippen LogP contribution in [-0.2, 0) is 4.79 Å². The highest BCUT2D eigenvalue weighted by Crippen LogP contribution is 2.28. The van der Waals surface area contributed by atoms with Crippen molar-refractivity contribution in [1.29, 1.82) is 0 Å². The van der Waals surface area contributed by atoms with Gasteiger partial charge in [0.25, 0.3) is 0 Å². The number of carboxylic acids is 1. The van der Waals surface area contributed by atoms with Gasteiger partial charge < -0.3 is 20.4 Å². The van der Waals surface area contributed by atoms with Crippen molar-refractivity contribution >= 4 is 28.6 Å². The zero-order chi connectivity index (χ0) is 16.4. The minimum atomic E-state index is -1.87. The predicted octanol–water partition coefficient (Wildman–Crippen LogP) is 1.48. The molecule has 1 atom stereocenters. The van der Waals surface area contributed by atoms with Gasteiger partial charge in [0.1, 0.15) is 0 Å². The lowest BCUT2D eigenvalue weighted by Crippen LogP contribution is -2.42. The molecule has 1 aliphatic heterocycles. The first-order chi connectivity index (χ1) is 11.0. The minimum absolute atomic E-state index is 0.143. The number of para-hydroxylation sites is 2. The molecule has 1 fully saturated rings. The second-order valence-corrected chi connectivity index (χ2v) is 6.01. The second kappa shape index (κ2) is 6.00. The number of hydrogen-bond donors (Lipinski definition) is 3. The number of carbonyl (C=O) groups is 1. The van der Waals surface area contributed by atoms with Gasteiger partial charge in [0.15, 0.2) is 17.2 Å². The van der Waals surface area contributed by atoms with E-state index in [2.05, 4.69) is 20.2 Å². The molecule has 122 valence electrons. The van der Waals surface area contributed by atoms with Gasteiger partial charge in [-0.15, -0.1) is 0 Å². The standard InChI is InChI=1S/C16H20N4O3/c1-16(23,15(21)22)10-17-13-14(20-8-4-5-9-20)19-12-7-3-2-6-11(12)18-13/h2-3,6-7,23H,4-5,8-10H2,1H3,(H,17,18)(H,21,22). The highest BCUT2D eigenvalue weighted by molar-refractivity contribution is 5.81. The number of rotatable bonds is 5. The zero-order valence-corrected chi connectivity index (χ0v) is 13.0. The number of carboxylic acid groups (broad SMARTS) is 1. The molecule has 2 aromatic rings. The molecule has 1 aromatic carbocycles. The molecule has 2 heterocycles. The Labute approximate surface area is 134 Å². The van der Waals surface area contributed by atoms with Crippen LogP contribution in [0.4, 0.5) is 11.6 Å². The van der Waals surface area contributed by atoms with Crippen LogP contribution < -0.4 is 10.2 Å². The van der Waals surface area contributed by atoms with E-state index in [1.165, 1.54) is 6.92 Å². The van der Waals surface area contributed by atoms with Gasteiger partial charge in [-0.1, -0.05) is 12.1 Å². The Balaban J connectivity index is 1.95. The van der Waals surface area contributed by atoms with Gasteiger partial charge in [-0.05, 0) is 31.9 Å². The summed E-state index contributed by atoms with van der Waals surface area (Å²) in [5.74, 6) is -0.0593. The molecule has 0 saturated carbocycles. The van der Waals surface area contributed by atoms with E-state index in [9.17, 15) is 9.90 Å². The Hall–Kier alpha value is -2.41. The second-order valence-electron chi connectivity index (χ2n) is 6.01. The van der Waals surface area contributed by atoms with Gasteiger partial charge in [-0.25, -0.2) is 14.8 Å². The molecule has 1 aromatic heterocycles. The summed E-state index contributed by atoms with van der Waals surface area (Å²) in [5, 5.41) is 21.9. The molecule has 23 heavy (non-hydrogen) atoms. The highest BCUT2D eigenvalue weighted by atomic mass is 16.4. The van der Waals surface area contributed by atoms with E-state index in [0.29, 0.717) is 11.6 Å². The van der Waals surface area contributed by atoms with Crippen molar-refractivity contribution in [3.8, 4) is 0 Å². The van der Waals surface area contributed by atoms with E-state index in [4.69, 9.17) is 5.11 Å². The third kappa shape index (κ3) is 3.19. The third-order valence-corrected chi connectivity index (χ3v) is 4.02. The van der Waals surface area contributed by atoms with E-state index >= 15 is 0 Å². The Morgan fingerprint density at radius 1 is 1.26 bits per heavy atom. The van der Waals surface area contributed by atoms with Gasteiger partial charge in [-0.3, -0.25) is 0 Å². The fraction of sp³-hybridized carbons (Fsp3) is 0.438. The number of benzene rings is 1. The summed E-state index contributed by atoms with van der Waals surface area (Å²) in [6.07, 6.45) is 2.20. The lowest BCUT2D eigenvalue weighted by Gasteiger charge is -2.23. The van der Waals surface area contributed by atoms with Crippen molar-refractivity contribution < 1.29 is 15.0 Å². The molecule has 7 nitrogen and oxygen atoms in total. The molecule has 1 aliphatic rings. The van der Waals surface area contributed by atoms with Crippen LogP contribution in [0, 0.1) is 0 Å². The molecule has 7 heteroatoms. The van der Waals surface area contributed by atoms with Crippen LogP contribution in [0.2, 0.25) is 0 Å². The number of fused-ring (bicyclic) bond motifs is 1. The van der Waals surface area contributed by atoms with Crippen molar-refractivity contribution in [2.45, 2.75) is 25.4 Å². The average molecular weight is 316 g/mol. The van der Waals surface area contributed by atoms with Crippen LogP contribution in [0.5, 0.6) is 0 Å². The molecule has 3 rings (SSSR count). The molecule has 0 spiro atoms. The summed E-state index contributed by atoms with van der Waals surface area (Å²) in [6, 6.07) is 7.55. The summed E-state index contributed by atoms with van der Waals surface area (Å²) in [4.78, 5) is 22.4. The first-order valence-electron chi connectivity index (χ1n) is 7.69. The molecule has 0 aliphatic carbocycles. The number of aromatic nitrogens is 2. The van der Waals surface area contributed by atoms with Gasteiger partial charge in [0.05, 0.1) is 17.6 Å². The van der Waals surface area contributed by atoms with Crippen LogP contribution >= 0.6 is 0 Å².